The van der Waals surface area contributed by atoms with Crippen LogP contribution in [0.5, 0.6) is 0 Å². The van der Waals surface area contributed by atoms with Gasteiger partial charge in [0.2, 0.25) is 5.91 Å². The minimum absolute atomic E-state index is 0.0144. The molecule has 0 aliphatic rings. The lowest BCUT2D eigenvalue weighted by Gasteiger charge is -2.09. The number of amides is 1. The second-order valence-electron chi connectivity index (χ2n) is 10.8. The number of ether oxygens (including phenoxy) is 12. The smallest absolute Gasteiger partial charge is 0.338 e. The summed E-state index contributed by atoms with van der Waals surface area (Å²) in [6, 6.07) is 8.82. The van der Waals surface area contributed by atoms with Crippen molar-refractivity contribution >= 4 is 17.8 Å². The van der Waals surface area contributed by atoms with E-state index in [1.54, 1.807) is 24.3 Å². The third-order valence-electron chi connectivity index (χ3n) is 6.54. The number of rotatable bonds is 41. The molecule has 0 saturated carbocycles. The molecule has 0 aromatic heterocycles. The predicted molar refractivity (Wildman–Crippen MR) is 190 cm³/mol. The number of carboxylic acids is 1. The molecule has 1 aromatic carbocycles. The monoisotopic (exact) mass is 763 g/mol. The van der Waals surface area contributed by atoms with Gasteiger partial charge in [-0.05, 0) is 18.6 Å². The minimum atomic E-state index is -0.986. The van der Waals surface area contributed by atoms with Crippen LogP contribution >= 0.6 is 0 Å². The van der Waals surface area contributed by atoms with Crippen LogP contribution in [0.2, 0.25) is 0 Å². The van der Waals surface area contributed by atoms with Crippen LogP contribution in [0, 0.1) is 0 Å². The molecule has 0 atom stereocenters. The first-order chi connectivity index (χ1) is 26.1. The van der Waals surface area contributed by atoms with E-state index in [-0.39, 0.29) is 31.3 Å². The summed E-state index contributed by atoms with van der Waals surface area (Å²) in [5.74, 6) is -1.62. The topological polar surface area (TPSA) is 194 Å². The van der Waals surface area contributed by atoms with Crippen molar-refractivity contribution in [2.45, 2.75) is 19.3 Å². The molecule has 17 nitrogen and oxygen atoms in total. The van der Waals surface area contributed by atoms with Gasteiger partial charge in [-0.1, -0.05) is 18.2 Å². The van der Waals surface area contributed by atoms with Crippen molar-refractivity contribution in [1.29, 1.82) is 0 Å². The number of carbonyl (C=O) groups excluding carboxylic acids is 2. The van der Waals surface area contributed by atoms with E-state index in [1.165, 1.54) is 0 Å². The van der Waals surface area contributed by atoms with Crippen molar-refractivity contribution in [2.75, 3.05) is 159 Å². The summed E-state index contributed by atoms with van der Waals surface area (Å²) in [5.41, 5.74) is 0.518. The van der Waals surface area contributed by atoms with Crippen molar-refractivity contribution in [3.05, 3.63) is 35.9 Å². The van der Waals surface area contributed by atoms with E-state index < -0.39 is 5.97 Å². The van der Waals surface area contributed by atoms with Crippen molar-refractivity contribution in [3.63, 3.8) is 0 Å². The average molecular weight is 764 g/mol. The Bertz CT molecular complexity index is 974. The first kappa shape index (κ1) is 48.2. The van der Waals surface area contributed by atoms with Crippen LogP contribution in [0.1, 0.15) is 29.6 Å². The van der Waals surface area contributed by atoms with Gasteiger partial charge in [-0.3, -0.25) is 9.59 Å². The fourth-order valence-corrected chi connectivity index (χ4v) is 3.86. The summed E-state index contributed by atoms with van der Waals surface area (Å²) >= 11 is 0. The highest BCUT2D eigenvalue weighted by Gasteiger charge is 2.06. The maximum absolute atomic E-state index is 11.8. The zero-order valence-electron chi connectivity index (χ0n) is 31.0. The SMILES string of the molecule is O=C(O)CCC(=O)NCCCOCCOCCOCCOCCOCCOCCOCCOCCOCCOCCOCCOC(=O)c1ccccc1. The lowest BCUT2D eigenvalue weighted by atomic mass is 10.2. The summed E-state index contributed by atoms with van der Waals surface area (Å²) in [6.07, 6.45) is 0.464. The normalized spacial score (nSPS) is 11.2. The quantitative estimate of drug-likeness (QED) is 0.0717. The molecule has 2 N–H and O–H groups in total. The zero-order valence-corrected chi connectivity index (χ0v) is 31.0. The Morgan fingerprint density at radius 3 is 1.09 bits per heavy atom. The summed E-state index contributed by atoms with van der Waals surface area (Å²) in [5, 5.41) is 11.2. The number of hydrogen-bond acceptors (Lipinski definition) is 15. The van der Waals surface area contributed by atoms with E-state index in [0.29, 0.717) is 164 Å². The number of nitrogens with one attached hydrogen (secondary N) is 1. The molecule has 0 spiro atoms. The van der Waals surface area contributed by atoms with E-state index in [2.05, 4.69) is 5.32 Å². The van der Waals surface area contributed by atoms with Gasteiger partial charge in [0.15, 0.2) is 0 Å². The van der Waals surface area contributed by atoms with Crippen LogP contribution in [0.4, 0.5) is 0 Å². The van der Waals surface area contributed by atoms with Crippen LogP contribution in [0.15, 0.2) is 30.3 Å². The Hall–Kier alpha value is -2.81. The number of carboxylic acid groups (broad SMARTS) is 1. The van der Waals surface area contributed by atoms with Crippen LogP contribution in [-0.2, 0) is 66.4 Å². The van der Waals surface area contributed by atoms with Crippen molar-refractivity contribution < 1.29 is 76.3 Å². The predicted octanol–water partition coefficient (Wildman–Crippen LogP) is 1.40. The molecule has 0 aliphatic carbocycles. The molecule has 0 saturated heterocycles. The second-order valence-corrected chi connectivity index (χ2v) is 10.8. The number of aliphatic carboxylic acids is 1. The lowest BCUT2D eigenvalue weighted by Crippen LogP contribution is -2.25. The first-order valence-corrected chi connectivity index (χ1v) is 18.2. The van der Waals surface area contributed by atoms with Gasteiger partial charge in [0.25, 0.3) is 0 Å². The number of hydrogen-bond donors (Lipinski definition) is 2. The third-order valence-corrected chi connectivity index (χ3v) is 6.54. The molecule has 0 fully saturated rings. The first-order valence-electron chi connectivity index (χ1n) is 18.2. The molecule has 17 heteroatoms. The standard InChI is InChI=1S/C36H61NO16/c38-34(7-8-35(39)40)37-9-4-10-42-11-12-43-13-14-44-15-16-45-17-18-46-19-20-47-21-22-48-23-24-49-25-26-50-27-28-51-29-30-52-31-32-53-36(41)33-5-2-1-3-6-33/h1-3,5-6H,4,7-32H2,(H,37,38)(H,39,40). The highest BCUT2D eigenvalue weighted by atomic mass is 16.6. The molecule has 0 bridgehead atoms. The zero-order chi connectivity index (χ0) is 38.1. The molecule has 0 unspecified atom stereocenters. The molecule has 1 rings (SSSR count). The van der Waals surface area contributed by atoms with Gasteiger partial charge in [0.1, 0.15) is 6.61 Å². The highest BCUT2D eigenvalue weighted by molar-refractivity contribution is 5.89. The molecule has 0 radical (unpaired) electrons. The summed E-state index contributed by atoms with van der Waals surface area (Å²) < 4.78 is 65.1. The number of carbonyl (C=O) groups is 3. The van der Waals surface area contributed by atoms with E-state index in [4.69, 9.17) is 61.9 Å². The third kappa shape index (κ3) is 36.0. The lowest BCUT2D eigenvalue weighted by molar-refractivity contribution is -0.138. The number of esters is 1. The molecule has 306 valence electrons. The van der Waals surface area contributed by atoms with E-state index in [0.717, 1.165) is 0 Å². The largest absolute Gasteiger partial charge is 0.481 e. The summed E-state index contributed by atoms with van der Waals surface area (Å²) in [4.78, 5) is 33.6. The number of benzene rings is 1. The Kier molecular flexibility index (Phi) is 35.4. The van der Waals surface area contributed by atoms with Crippen molar-refractivity contribution in [2.24, 2.45) is 0 Å². The molecule has 1 aromatic rings. The Labute approximate surface area is 313 Å². The molecular formula is C36H61NO16. The second kappa shape index (κ2) is 38.9. The molecular weight excluding hydrogens is 702 g/mol. The fourth-order valence-electron chi connectivity index (χ4n) is 3.86. The van der Waals surface area contributed by atoms with Crippen LogP contribution in [0.25, 0.3) is 0 Å². The van der Waals surface area contributed by atoms with Gasteiger partial charge in [0, 0.05) is 19.6 Å². The average Bonchev–Trinajstić information content (AvgIpc) is 3.16. The van der Waals surface area contributed by atoms with Crippen molar-refractivity contribution in [1.82, 2.24) is 5.32 Å². The van der Waals surface area contributed by atoms with Gasteiger partial charge in [-0.25, -0.2) is 4.79 Å². The van der Waals surface area contributed by atoms with E-state index in [9.17, 15) is 14.4 Å². The van der Waals surface area contributed by atoms with Gasteiger partial charge in [0.05, 0.1) is 151 Å². The minimum Gasteiger partial charge on any atom is -0.481 e. The Balaban J connectivity index is 1.63. The van der Waals surface area contributed by atoms with Crippen LogP contribution in [-0.4, -0.2) is 181 Å². The van der Waals surface area contributed by atoms with Gasteiger partial charge in [-0.15, -0.1) is 0 Å². The summed E-state index contributed by atoms with van der Waals surface area (Å²) in [7, 11) is 0. The Morgan fingerprint density at radius 1 is 0.434 bits per heavy atom. The maximum Gasteiger partial charge on any atom is 0.338 e. The molecule has 0 heterocycles. The molecule has 0 aliphatic heterocycles. The summed E-state index contributed by atoms with van der Waals surface area (Å²) in [6.45, 7) is 10.7. The van der Waals surface area contributed by atoms with Gasteiger partial charge < -0.3 is 67.3 Å². The fraction of sp³-hybridized carbons (Fsp3) is 0.750. The van der Waals surface area contributed by atoms with Crippen LogP contribution in [0.3, 0.4) is 0 Å². The van der Waals surface area contributed by atoms with Crippen molar-refractivity contribution in [3.8, 4) is 0 Å². The highest BCUT2D eigenvalue weighted by Crippen LogP contribution is 2.00. The molecule has 53 heavy (non-hydrogen) atoms. The molecule has 1 amide bonds. The Morgan fingerprint density at radius 2 is 0.755 bits per heavy atom. The van der Waals surface area contributed by atoms with Crippen LogP contribution < -0.4 is 5.32 Å². The van der Waals surface area contributed by atoms with Gasteiger partial charge in [-0.2, -0.15) is 0 Å². The maximum atomic E-state index is 11.8. The van der Waals surface area contributed by atoms with Gasteiger partial charge >= 0.3 is 11.9 Å². The van der Waals surface area contributed by atoms with E-state index in [1.807, 2.05) is 6.07 Å². The van der Waals surface area contributed by atoms with E-state index >= 15 is 0 Å².